The molecule has 154 valence electrons. The molecule has 0 aliphatic carbocycles. The van der Waals surface area contributed by atoms with Crippen molar-refractivity contribution in [2.75, 3.05) is 5.32 Å². The summed E-state index contributed by atoms with van der Waals surface area (Å²) in [4.78, 5) is 24.8. The van der Waals surface area contributed by atoms with Gasteiger partial charge in [-0.1, -0.05) is 11.6 Å². The molecule has 0 aromatic carbocycles. The molecule has 0 atom stereocenters. The van der Waals surface area contributed by atoms with Gasteiger partial charge in [-0.05, 0) is 12.1 Å². The normalized spacial score (nSPS) is 11.5. The van der Waals surface area contributed by atoms with Crippen LogP contribution in [0.3, 0.4) is 0 Å². The lowest BCUT2D eigenvalue weighted by Crippen LogP contribution is -2.25. The number of aromatic nitrogens is 4. The maximum Gasteiger partial charge on any atom is 0.434 e. The third-order valence-electron chi connectivity index (χ3n) is 3.77. The number of rotatable bonds is 5. The maximum absolute atomic E-state index is 13.0. The number of hydrogen-bond donors (Lipinski definition) is 2. The van der Waals surface area contributed by atoms with Crippen LogP contribution in [0.1, 0.15) is 32.4 Å². The van der Waals surface area contributed by atoms with Gasteiger partial charge in [0.15, 0.2) is 17.1 Å². The largest absolute Gasteiger partial charge is 0.467 e. The highest BCUT2D eigenvalue weighted by molar-refractivity contribution is 6.34. The van der Waals surface area contributed by atoms with E-state index in [1.807, 2.05) is 0 Å². The Hall–Kier alpha value is -3.28. The summed E-state index contributed by atoms with van der Waals surface area (Å²) in [6.07, 6.45) is -2.02. The van der Waals surface area contributed by atoms with Crippen LogP contribution in [-0.4, -0.2) is 31.4 Å². The zero-order chi connectivity index (χ0) is 21.3. The zero-order valence-corrected chi connectivity index (χ0v) is 15.8. The number of anilines is 1. The SMILES string of the molecule is Cn1cc(NC(=O)c2nn(C)c(C(F)(F)F)c2Cl)c(C(=O)NCc2ccco2)n1. The van der Waals surface area contributed by atoms with Crippen molar-refractivity contribution in [3.8, 4) is 0 Å². The fourth-order valence-electron chi connectivity index (χ4n) is 2.54. The molecule has 9 nitrogen and oxygen atoms in total. The summed E-state index contributed by atoms with van der Waals surface area (Å²) >= 11 is 5.71. The highest BCUT2D eigenvalue weighted by atomic mass is 35.5. The predicted octanol–water partition coefficient (Wildman–Crippen LogP) is 2.60. The van der Waals surface area contributed by atoms with E-state index >= 15 is 0 Å². The van der Waals surface area contributed by atoms with Gasteiger partial charge in [0.25, 0.3) is 11.8 Å². The highest BCUT2D eigenvalue weighted by Gasteiger charge is 2.40. The summed E-state index contributed by atoms with van der Waals surface area (Å²) in [5.41, 5.74) is -2.06. The van der Waals surface area contributed by atoms with Gasteiger partial charge in [-0.15, -0.1) is 0 Å². The lowest BCUT2D eigenvalue weighted by atomic mass is 10.3. The lowest BCUT2D eigenvalue weighted by molar-refractivity contribution is -0.143. The van der Waals surface area contributed by atoms with E-state index in [1.54, 1.807) is 12.1 Å². The number of carbonyl (C=O) groups excluding carboxylic acids is 2. The van der Waals surface area contributed by atoms with Crippen molar-refractivity contribution in [2.24, 2.45) is 14.1 Å². The number of carbonyl (C=O) groups is 2. The Morgan fingerprint density at radius 3 is 2.52 bits per heavy atom. The van der Waals surface area contributed by atoms with Gasteiger partial charge in [0.05, 0.1) is 18.5 Å². The first-order valence-electron chi connectivity index (χ1n) is 8.03. The minimum absolute atomic E-state index is 0.0234. The van der Waals surface area contributed by atoms with Crippen molar-refractivity contribution < 1.29 is 27.2 Å². The molecule has 3 heterocycles. The smallest absolute Gasteiger partial charge is 0.434 e. The molecule has 13 heteroatoms. The highest BCUT2D eigenvalue weighted by Crippen LogP contribution is 2.36. The second-order valence-corrected chi connectivity index (χ2v) is 6.29. The topological polar surface area (TPSA) is 107 Å². The summed E-state index contributed by atoms with van der Waals surface area (Å²) in [7, 11) is 2.53. The Morgan fingerprint density at radius 1 is 1.21 bits per heavy atom. The molecule has 3 aromatic heterocycles. The van der Waals surface area contributed by atoms with Crippen molar-refractivity contribution in [3.05, 3.63) is 52.5 Å². The molecule has 0 bridgehead atoms. The van der Waals surface area contributed by atoms with Crippen LogP contribution in [0.4, 0.5) is 18.9 Å². The first-order chi connectivity index (χ1) is 13.6. The van der Waals surface area contributed by atoms with Crippen LogP contribution in [0.5, 0.6) is 0 Å². The van der Waals surface area contributed by atoms with E-state index in [1.165, 1.54) is 24.2 Å². The van der Waals surface area contributed by atoms with Gasteiger partial charge in [-0.25, -0.2) is 0 Å². The van der Waals surface area contributed by atoms with Gasteiger partial charge in [-0.2, -0.15) is 23.4 Å². The van der Waals surface area contributed by atoms with Gasteiger partial charge in [-0.3, -0.25) is 19.0 Å². The van der Waals surface area contributed by atoms with Gasteiger partial charge >= 0.3 is 6.18 Å². The van der Waals surface area contributed by atoms with Gasteiger partial charge in [0, 0.05) is 20.3 Å². The standard InChI is InChI=1S/C16H14ClF3N6O3/c1-25-7-9(11(23-25)14(27)21-6-8-4-3-5-29-8)22-15(28)12-10(17)13(16(18,19)20)26(2)24-12/h3-5,7H,6H2,1-2H3,(H,21,27)(H,22,28). The molecule has 0 saturated carbocycles. The molecule has 3 rings (SSSR count). The van der Waals surface area contributed by atoms with Crippen LogP contribution in [0, 0.1) is 0 Å². The minimum Gasteiger partial charge on any atom is -0.467 e. The van der Waals surface area contributed by atoms with Crippen molar-refractivity contribution >= 4 is 29.1 Å². The van der Waals surface area contributed by atoms with Crippen molar-refractivity contribution in [1.29, 1.82) is 0 Å². The Balaban J connectivity index is 1.80. The van der Waals surface area contributed by atoms with Crippen molar-refractivity contribution in [2.45, 2.75) is 12.7 Å². The van der Waals surface area contributed by atoms with E-state index in [-0.39, 0.29) is 17.9 Å². The molecule has 0 fully saturated rings. The first-order valence-corrected chi connectivity index (χ1v) is 8.41. The minimum atomic E-state index is -4.79. The molecule has 0 radical (unpaired) electrons. The molecule has 2 N–H and O–H groups in total. The van der Waals surface area contributed by atoms with E-state index in [0.29, 0.717) is 10.4 Å². The molecule has 29 heavy (non-hydrogen) atoms. The summed E-state index contributed by atoms with van der Waals surface area (Å²) in [5, 5.41) is 11.5. The van der Waals surface area contributed by atoms with Crippen LogP contribution in [-0.2, 0) is 26.8 Å². The summed E-state index contributed by atoms with van der Waals surface area (Å²) in [6, 6.07) is 3.31. The number of nitrogens with zero attached hydrogens (tertiary/aromatic N) is 4. The Labute approximate surface area is 166 Å². The molecule has 0 aliphatic rings. The van der Waals surface area contributed by atoms with Gasteiger partial charge < -0.3 is 15.1 Å². The molecule has 3 aromatic rings. The van der Waals surface area contributed by atoms with Crippen LogP contribution in [0.2, 0.25) is 5.02 Å². The fraction of sp³-hybridized carbons (Fsp3) is 0.250. The monoisotopic (exact) mass is 430 g/mol. The van der Waals surface area contributed by atoms with Crippen LogP contribution >= 0.6 is 11.6 Å². The quantitative estimate of drug-likeness (QED) is 0.647. The third kappa shape index (κ3) is 4.26. The fourth-order valence-corrected chi connectivity index (χ4v) is 2.90. The average molecular weight is 431 g/mol. The van der Waals surface area contributed by atoms with Crippen molar-refractivity contribution in [3.63, 3.8) is 0 Å². The Kier molecular flexibility index (Phi) is 5.38. The number of furan rings is 1. The third-order valence-corrected chi connectivity index (χ3v) is 4.13. The second kappa shape index (κ2) is 7.62. The zero-order valence-electron chi connectivity index (χ0n) is 15.0. The van der Waals surface area contributed by atoms with Crippen LogP contribution < -0.4 is 10.6 Å². The summed E-state index contributed by atoms with van der Waals surface area (Å²) in [6.45, 7) is 0.0802. The van der Waals surface area contributed by atoms with Gasteiger partial charge in [0.2, 0.25) is 0 Å². The Morgan fingerprint density at radius 2 is 1.93 bits per heavy atom. The maximum atomic E-state index is 13.0. The van der Waals surface area contributed by atoms with Crippen LogP contribution in [0.25, 0.3) is 0 Å². The molecular weight excluding hydrogens is 417 g/mol. The number of aryl methyl sites for hydroxylation is 2. The molecule has 0 saturated heterocycles. The van der Waals surface area contributed by atoms with E-state index < -0.39 is 34.4 Å². The lowest BCUT2D eigenvalue weighted by Gasteiger charge is -2.06. The number of hydrogen-bond acceptors (Lipinski definition) is 5. The average Bonchev–Trinajstić information content (AvgIpc) is 3.31. The number of alkyl halides is 3. The second-order valence-electron chi connectivity index (χ2n) is 5.91. The summed E-state index contributed by atoms with van der Waals surface area (Å²) < 4.78 is 45.9. The molecular formula is C16H14ClF3N6O3. The van der Waals surface area contributed by atoms with E-state index in [0.717, 1.165) is 7.05 Å². The summed E-state index contributed by atoms with van der Waals surface area (Å²) in [5.74, 6) is -1.14. The Bertz CT molecular complexity index is 1060. The molecule has 2 amide bonds. The molecule has 0 spiro atoms. The van der Waals surface area contributed by atoms with Crippen LogP contribution in [0.15, 0.2) is 29.0 Å². The van der Waals surface area contributed by atoms with E-state index in [4.69, 9.17) is 16.0 Å². The predicted molar refractivity (Wildman–Crippen MR) is 94.3 cm³/mol. The number of halogens is 4. The number of amides is 2. The van der Waals surface area contributed by atoms with E-state index in [2.05, 4.69) is 20.8 Å². The van der Waals surface area contributed by atoms with E-state index in [9.17, 15) is 22.8 Å². The van der Waals surface area contributed by atoms with Crippen molar-refractivity contribution in [1.82, 2.24) is 24.9 Å². The molecule has 0 aliphatic heterocycles. The first kappa shape index (κ1) is 20.5. The van der Waals surface area contributed by atoms with Gasteiger partial charge in [0.1, 0.15) is 10.8 Å². The number of nitrogens with one attached hydrogen (secondary N) is 2. The molecule has 0 unspecified atom stereocenters.